The molecule has 0 heterocycles. The number of hydrogen-bond donors (Lipinski definition) is 1. The maximum Gasteiger partial charge on any atom is -0.000587 e. The summed E-state index contributed by atoms with van der Waals surface area (Å²) in [6.45, 7) is 4.39. The highest BCUT2D eigenvalue weighted by Gasteiger charge is 2.06. The van der Waals surface area contributed by atoms with Gasteiger partial charge in [-0.25, -0.2) is 0 Å². The van der Waals surface area contributed by atoms with Gasteiger partial charge in [0.25, 0.3) is 0 Å². The molecular formula is C11H16S. The summed E-state index contributed by atoms with van der Waals surface area (Å²) in [6, 6.07) is 10.6. The molecule has 12 heavy (non-hydrogen) atoms. The van der Waals surface area contributed by atoms with Gasteiger partial charge in [0.05, 0.1) is 0 Å². The summed E-state index contributed by atoms with van der Waals surface area (Å²) < 4.78 is 0. The first-order valence-electron chi connectivity index (χ1n) is 4.43. The van der Waals surface area contributed by atoms with Crippen molar-refractivity contribution in [2.24, 2.45) is 0 Å². The van der Waals surface area contributed by atoms with Crippen molar-refractivity contribution in [1.82, 2.24) is 0 Å². The molecule has 1 aromatic carbocycles. The largest absolute Gasteiger partial charge is 0.176 e. The minimum Gasteiger partial charge on any atom is -0.176 e. The van der Waals surface area contributed by atoms with Gasteiger partial charge in [-0.05, 0) is 23.2 Å². The third-order valence-corrected chi connectivity index (χ3v) is 2.27. The van der Waals surface area contributed by atoms with Crippen molar-refractivity contribution in [2.75, 3.05) is 0 Å². The molecule has 0 aliphatic rings. The van der Waals surface area contributed by atoms with E-state index in [4.69, 9.17) is 0 Å². The van der Waals surface area contributed by atoms with Gasteiger partial charge in [-0.15, -0.1) is 0 Å². The zero-order valence-corrected chi connectivity index (χ0v) is 8.59. The maximum atomic E-state index is 4.39. The molecular weight excluding hydrogens is 164 g/mol. The van der Waals surface area contributed by atoms with Gasteiger partial charge in [0.2, 0.25) is 0 Å². The molecule has 0 radical (unpaired) electrons. The lowest BCUT2D eigenvalue weighted by Crippen LogP contribution is -2.00. The first-order valence-corrected chi connectivity index (χ1v) is 4.95. The second kappa shape index (κ2) is 4.56. The molecule has 0 aromatic heterocycles. The van der Waals surface area contributed by atoms with E-state index in [1.165, 1.54) is 5.56 Å². The Kier molecular flexibility index (Phi) is 3.67. The summed E-state index contributed by atoms with van der Waals surface area (Å²) in [5, 5.41) is 0.486. The fraction of sp³-hybridized carbons (Fsp3) is 0.455. The Balaban J connectivity index is 2.59. The topological polar surface area (TPSA) is 0 Å². The molecule has 2 unspecified atom stereocenters. The SMILES string of the molecule is CC(S)CC(C)c1ccccc1. The predicted octanol–water partition coefficient (Wildman–Crippen LogP) is 3.50. The average Bonchev–Trinajstić information content (AvgIpc) is 2.05. The fourth-order valence-corrected chi connectivity index (χ4v) is 1.75. The van der Waals surface area contributed by atoms with E-state index in [2.05, 4.69) is 56.8 Å². The van der Waals surface area contributed by atoms with Crippen LogP contribution in [0.15, 0.2) is 30.3 Å². The smallest absolute Gasteiger partial charge is 0.000587 e. The minimum atomic E-state index is 0.486. The number of benzene rings is 1. The summed E-state index contributed by atoms with van der Waals surface area (Å²) in [5.74, 6) is 0.624. The van der Waals surface area contributed by atoms with Crippen molar-refractivity contribution in [3.63, 3.8) is 0 Å². The lowest BCUT2D eigenvalue weighted by Gasteiger charge is -2.13. The third-order valence-electron chi connectivity index (χ3n) is 2.06. The molecule has 0 aliphatic carbocycles. The van der Waals surface area contributed by atoms with E-state index in [1.807, 2.05) is 0 Å². The first-order chi connectivity index (χ1) is 5.70. The van der Waals surface area contributed by atoms with E-state index in [9.17, 15) is 0 Å². The first kappa shape index (κ1) is 9.66. The number of hydrogen-bond acceptors (Lipinski definition) is 1. The summed E-state index contributed by atoms with van der Waals surface area (Å²) in [4.78, 5) is 0. The van der Waals surface area contributed by atoms with Gasteiger partial charge < -0.3 is 0 Å². The van der Waals surface area contributed by atoms with Crippen LogP contribution < -0.4 is 0 Å². The number of thiol groups is 1. The van der Waals surface area contributed by atoms with Gasteiger partial charge in [-0.2, -0.15) is 12.6 Å². The van der Waals surface area contributed by atoms with Crippen molar-refractivity contribution in [3.8, 4) is 0 Å². The van der Waals surface area contributed by atoms with Crippen LogP contribution in [-0.2, 0) is 0 Å². The Morgan fingerprint density at radius 1 is 1.17 bits per heavy atom. The lowest BCUT2D eigenvalue weighted by atomic mass is 9.97. The quantitative estimate of drug-likeness (QED) is 0.676. The van der Waals surface area contributed by atoms with E-state index in [-0.39, 0.29) is 0 Å². The molecule has 0 amide bonds. The van der Waals surface area contributed by atoms with Gasteiger partial charge in [0, 0.05) is 0 Å². The minimum absolute atomic E-state index is 0.486. The molecule has 66 valence electrons. The van der Waals surface area contributed by atoms with Crippen molar-refractivity contribution in [1.29, 1.82) is 0 Å². The Labute approximate surface area is 80.4 Å². The summed E-state index contributed by atoms with van der Waals surface area (Å²) in [6.07, 6.45) is 1.15. The van der Waals surface area contributed by atoms with E-state index in [1.54, 1.807) is 0 Å². The Bertz CT molecular complexity index is 216. The van der Waals surface area contributed by atoms with Gasteiger partial charge in [0.15, 0.2) is 0 Å². The molecule has 0 bridgehead atoms. The van der Waals surface area contributed by atoms with Gasteiger partial charge >= 0.3 is 0 Å². The molecule has 1 aromatic rings. The van der Waals surface area contributed by atoms with Crippen molar-refractivity contribution in [3.05, 3.63) is 35.9 Å². The third kappa shape index (κ3) is 2.90. The maximum absolute atomic E-state index is 4.39. The second-order valence-corrected chi connectivity index (χ2v) is 4.28. The normalized spacial score (nSPS) is 15.6. The van der Waals surface area contributed by atoms with Gasteiger partial charge in [-0.1, -0.05) is 44.2 Å². The van der Waals surface area contributed by atoms with Crippen LogP contribution in [0.3, 0.4) is 0 Å². The number of rotatable bonds is 3. The zero-order valence-electron chi connectivity index (χ0n) is 7.70. The molecule has 0 saturated carbocycles. The van der Waals surface area contributed by atoms with Crippen LogP contribution in [0.5, 0.6) is 0 Å². The van der Waals surface area contributed by atoms with Crippen molar-refractivity contribution >= 4 is 12.6 Å². The van der Waals surface area contributed by atoms with Gasteiger partial charge in [0.1, 0.15) is 0 Å². The Morgan fingerprint density at radius 2 is 1.75 bits per heavy atom. The van der Waals surface area contributed by atoms with Crippen LogP contribution in [-0.4, -0.2) is 5.25 Å². The molecule has 0 nitrogen and oxygen atoms in total. The highest BCUT2D eigenvalue weighted by molar-refractivity contribution is 7.80. The molecule has 0 aliphatic heterocycles. The standard InChI is InChI=1S/C11H16S/c1-9(8-10(2)12)11-6-4-3-5-7-11/h3-7,9-10,12H,8H2,1-2H3. The van der Waals surface area contributed by atoms with Crippen LogP contribution in [0.25, 0.3) is 0 Å². The molecule has 0 N–H and O–H groups in total. The zero-order chi connectivity index (χ0) is 8.97. The van der Waals surface area contributed by atoms with Crippen LogP contribution >= 0.6 is 12.6 Å². The van der Waals surface area contributed by atoms with Crippen LogP contribution in [0.4, 0.5) is 0 Å². The monoisotopic (exact) mass is 180 g/mol. The predicted molar refractivity (Wildman–Crippen MR) is 57.9 cm³/mol. The van der Waals surface area contributed by atoms with Crippen LogP contribution in [0.2, 0.25) is 0 Å². The van der Waals surface area contributed by atoms with E-state index >= 15 is 0 Å². The highest BCUT2D eigenvalue weighted by atomic mass is 32.1. The van der Waals surface area contributed by atoms with E-state index < -0.39 is 0 Å². The molecule has 1 rings (SSSR count). The van der Waals surface area contributed by atoms with E-state index in [0.717, 1.165) is 6.42 Å². The van der Waals surface area contributed by atoms with Crippen LogP contribution in [0, 0.1) is 0 Å². The Morgan fingerprint density at radius 3 is 2.25 bits per heavy atom. The summed E-state index contributed by atoms with van der Waals surface area (Å²) in [7, 11) is 0. The molecule has 0 fully saturated rings. The van der Waals surface area contributed by atoms with E-state index in [0.29, 0.717) is 11.2 Å². The van der Waals surface area contributed by atoms with Crippen LogP contribution in [0.1, 0.15) is 31.7 Å². The Hall–Kier alpha value is -0.430. The van der Waals surface area contributed by atoms with Gasteiger partial charge in [-0.3, -0.25) is 0 Å². The second-order valence-electron chi connectivity index (χ2n) is 3.40. The summed E-state index contributed by atoms with van der Waals surface area (Å²) >= 11 is 4.39. The molecule has 2 atom stereocenters. The van der Waals surface area contributed by atoms with Crippen molar-refractivity contribution < 1.29 is 0 Å². The van der Waals surface area contributed by atoms with Crippen molar-refractivity contribution in [2.45, 2.75) is 31.4 Å². The molecule has 1 heteroatoms. The summed E-state index contributed by atoms with van der Waals surface area (Å²) in [5.41, 5.74) is 1.42. The average molecular weight is 180 g/mol. The highest BCUT2D eigenvalue weighted by Crippen LogP contribution is 2.21. The fourth-order valence-electron chi connectivity index (χ4n) is 1.43. The molecule has 0 saturated heterocycles. The molecule has 0 spiro atoms. The lowest BCUT2D eigenvalue weighted by molar-refractivity contribution is 0.678.